The van der Waals surface area contributed by atoms with Crippen molar-refractivity contribution >= 4 is 23.4 Å². The fourth-order valence-electron chi connectivity index (χ4n) is 4.09. The predicted molar refractivity (Wildman–Crippen MR) is 140 cm³/mol. The quantitative estimate of drug-likeness (QED) is 0.413. The van der Waals surface area contributed by atoms with Crippen molar-refractivity contribution in [3.63, 3.8) is 0 Å². The lowest BCUT2D eigenvalue weighted by atomic mass is 9.97. The smallest absolute Gasteiger partial charge is 0.225 e. The summed E-state index contributed by atoms with van der Waals surface area (Å²) in [5.74, 6) is 0.100. The Morgan fingerprint density at radius 1 is 1.17 bits per heavy atom. The predicted octanol–water partition coefficient (Wildman–Crippen LogP) is 4.58. The van der Waals surface area contributed by atoms with E-state index in [1.807, 2.05) is 52.8 Å². The second-order valence-corrected chi connectivity index (χ2v) is 9.50. The minimum atomic E-state index is -0.0732. The third kappa shape index (κ3) is 7.43. The van der Waals surface area contributed by atoms with Crippen molar-refractivity contribution in [3.05, 3.63) is 88.5 Å². The zero-order valence-corrected chi connectivity index (χ0v) is 21.7. The Morgan fingerprint density at radius 2 is 1.89 bits per heavy atom. The van der Waals surface area contributed by atoms with Gasteiger partial charge in [-0.15, -0.1) is 0 Å². The molecule has 0 aliphatic rings. The van der Waals surface area contributed by atoms with Gasteiger partial charge < -0.3 is 14.8 Å². The van der Waals surface area contributed by atoms with E-state index in [9.17, 15) is 9.59 Å². The van der Waals surface area contributed by atoms with Crippen molar-refractivity contribution in [2.75, 3.05) is 6.54 Å². The highest BCUT2D eigenvalue weighted by atomic mass is 35.5. The molecule has 0 aliphatic carbocycles. The molecule has 0 saturated heterocycles. The SMILES string of the molecule is CC(=O)N(Cc1ccccc1Cl)C(C)C(C)CCNC(=O)Cc1cncn1Cc1ccc(C#N)cc1. The second kappa shape index (κ2) is 12.9. The summed E-state index contributed by atoms with van der Waals surface area (Å²) < 4.78 is 1.94. The van der Waals surface area contributed by atoms with Crippen LogP contribution in [0.2, 0.25) is 5.02 Å². The Balaban J connectivity index is 1.49. The molecule has 1 heterocycles. The Bertz CT molecular complexity index is 1220. The first-order valence-corrected chi connectivity index (χ1v) is 12.4. The Hall–Kier alpha value is -3.63. The van der Waals surface area contributed by atoms with E-state index in [4.69, 9.17) is 16.9 Å². The van der Waals surface area contributed by atoms with Crippen LogP contribution in [0.4, 0.5) is 0 Å². The molecule has 0 aliphatic heterocycles. The molecule has 7 nitrogen and oxygen atoms in total. The molecule has 1 aromatic heterocycles. The molecule has 0 bridgehead atoms. The molecule has 36 heavy (non-hydrogen) atoms. The van der Waals surface area contributed by atoms with E-state index >= 15 is 0 Å². The van der Waals surface area contributed by atoms with Crippen molar-refractivity contribution in [2.24, 2.45) is 5.92 Å². The van der Waals surface area contributed by atoms with Gasteiger partial charge in [0.1, 0.15) is 0 Å². The molecule has 2 unspecified atom stereocenters. The van der Waals surface area contributed by atoms with Crippen LogP contribution in [-0.2, 0) is 29.1 Å². The van der Waals surface area contributed by atoms with Gasteiger partial charge in [-0.2, -0.15) is 5.26 Å². The minimum absolute atomic E-state index is 0.00571. The van der Waals surface area contributed by atoms with Crippen LogP contribution < -0.4 is 5.32 Å². The molecular weight excluding hydrogens is 474 g/mol. The van der Waals surface area contributed by atoms with Crippen molar-refractivity contribution in [1.29, 1.82) is 5.26 Å². The van der Waals surface area contributed by atoms with Gasteiger partial charge in [0.05, 0.1) is 24.4 Å². The first-order valence-electron chi connectivity index (χ1n) is 12.0. The Kier molecular flexibility index (Phi) is 9.66. The molecule has 0 fully saturated rings. The van der Waals surface area contributed by atoms with Crippen LogP contribution in [0.15, 0.2) is 61.1 Å². The summed E-state index contributed by atoms with van der Waals surface area (Å²) >= 11 is 6.30. The number of nitrogens with zero attached hydrogens (tertiary/aromatic N) is 4. The summed E-state index contributed by atoms with van der Waals surface area (Å²) in [5.41, 5.74) is 3.38. The van der Waals surface area contributed by atoms with Gasteiger partial charge in [0.2, 0.25) is 11.8 Å². The Morgan fingerprint density at radius 3 is 2.56 bits per heavy atom. The second-order valence-electron chi connectivity index (χ2n) is 9.09. The third-order valence-corrected chi connectivity index (χ3v) is 6.88. The maximum atomic E-state index is 12.6. The number of nitriles is 1. The van der Waals surface area contributed by atoms with Crippen LogP contribution >= 0.6 is 11.6 Å². The maximum Gasteiger partial charge on any atom is 0.225 e. The number of carbonyl (C=O) groups is 2. The normalized spacial score (nSPS) is 12.4. The molecule has 0 radical (unpaired) electrons. The van der Waals surface area contributed by atoms with Crippen LogP contribution in [0.3, 0.4) is 0 Å². The molecule has 3 rings (SSSR count). The molecule has 0 spiro atoms. The number of hydrogen-bond donors (Lipinski definition) is 1. The number of amides is 2. The van der Waals surface area contributed by atoms with Crippen molar-refractivity contribution in [2.45, 2.75) is 52.7 Å². The van der Waals surface area contributed by atoms with E-state index in [-0.39, 0.29) is 30.2 Å². The number of halogens is 1. The molecule has 2 amide bonds. The fourth-order valence-corrected chi connectivity index (χ4v) is 4.28. The van der Waals surface area contributed by atoms with E-state index in [1.54, 1.807) is 31.6 Å². The molecule has 3 aromatic rings. The van der Waals surface area contributed by atoms with Crippen LogP contribution in [0.1, 0.15) is 49.6 Å². The van der Waals surface area contributed by atoms with Gasteiger partial charge in [0, 0.05) is 49.5 Å². The number of carbonyl (C=O) groups excluding carboxylic acids is 2. The summed E-state index contributed by atoms with van der Waals surface area (Å²) in [6.07, 6.45) is 4.38. The summed E-state index contributed by atoms with van der Waals surface area (Å²) in [7, 11) is 0. The van der Waals surface area contributed by atoms with Crippen molar-refractivity contribution in [1.82, 2.24) is 19.8 Å². The zero-order valence-electron chi connectivity index (χ0n) is 20.9. The minimum Gasteiger partial charge on any atom is -0.356 e. The van der Waals surface area contributed by atoms with Gasteiger partial charge in [0.25, 0.3) is 0 Å². The first kappa shape index (κ1) is 27.0. The van der Waals surface area contributed by atoms with Gasteiger partial charge in [-0.25, -0.2) is 4.98 Å². The number of rotatable bonds is 11. The molecule has 1 N–H and O–H groups in total. The highest BCUT2D eigenvalue weighted by Crippen LogP contribution is 2.22. The molecule has 0 saturated carbocycles. The number of nitrogens with one attached hydrogen (secondary N) is 1. The van der Waals surface area contributed by atoms with Gasteiger partial charge in [-0.1, -0.05) is 48.9 Å². The van der Waals surface area contributed by atoms with Crippen LogP contribution in [0.25, 0.3) is 0 Å². The van der Waals surface area contributed by atoms with Gasteiger partial charge in [0.15, 0.2) is 0 Å². The lowest BCUT2D eigenvalue weighted by molar-refractivity contribution is -0.132. The molecule has 8 heteroatoms. The third-order valence-electron chi connectivity index (χ3n) is 6.52. The van der Waals surface area contributed by atoms with Crippen LogP contribution in [0, 0.1) is 17.2 Å². The lowest BCUT2D eigenvalue weighted by Gasteiger charge is -2.33. The van der Waals surface area contributed by atoms with Gasteiger partial charge in [-0.3, -0.25) is 9.59 Å². The number of aromatic nitrogens is 2. The largest absolute Gasteiger partial charge is 0.356 e. The maximum absolute atomic E-state index is 12.6. The summed E-state index contributed by atoms with van der Waals surface area (Å²) in [5, 5.41) is 12.6. The highest BCUT2D eigenvalue weighted by Gasteiger charge is 2.23. The van der Waals surface area contributed by atoms with E-state index in [0.717, 1.165) is 23.2 Å². The summed E-state index contributed by atoms with van der Waals surface area (Å²) in [6, 6.07) is 17.0. The average molecular weight is 506 g/mol. The van der Waals surface area contributed by atoms with Crippen LogP contribution in [0.5, 0.6) is 0 Å². The fraction of sp³-hybridized carbons (Fsp3) is 0.357. The molecule has 2 atom stereocenters. The number of hydrogen-bond acceptors (Lipinski definition) is 4. The molecule has 188 valence electrons. The topological polar surface area (TPSA) is 91.0 Å². The lowest BCUT2D eigenvalue weighted by Crippen LogP contribution is -2.41. The van der Waals surface area contributed by atoms with Gasteiger partial charge in [-0.05, 0) is 48.6 Å². The van der Waals surface area contributed by atoms with Crippen molar-refractivity contribution in [3.8, 4) is 6.07 Å². The number of imidazole rings is 1. The summed E-state index contributed by atoms with van der Waals surface area (Å²) in [6.45, 7) is 7.25. The summed E-state index contributed by atoms with van der Waals surface area (Å²) in [4.78, 5) is 31.0. The van der Waals surface area contributed by atoms with Crippen molar-refractivity contribution < 1.29 is 9.59 Å². The molecular formula is C28H32ClN5O2. The highest BCUT2D eigenvalue weighted by molar-refractivity contribution is 6.31. The van der Waals surface area contributed by atoms with Crippen LogP contribution in [-0.4, -0.2) is 38.9 Å². The number of benzene rings is 2. The monoisotopic (exact) mass is 505 g/mol. The van der Waals surface area contributed by atoms with E-state index in [2.05, 4.69) is 23.3 Å². The zero-order chi connectivity index (χ0) is 26.1. The average Bonchev–Trinajstić information content (AvgIpc) is 3.29. The Labute approximate surface area is 217 Å². The standard InChI is InChI=1S/C28H32ClN5O2/c1-20(21(2)34(22(3)35)18-25-6-4-5-7-27(25)29)12-13-32-28(36)14-26-16-31-19-33(26)17-24-10-8-23(15-30)9-11-24/h4-11,16,19-21H,12-14,17-18H2,1-3H3,(H,32,36). The molecule has 2 aromatic carbocycles. The van der Waals surface area contributed by atoms with Gasteiger partial charge >= 0.3 is 0 Å². The first-order chi connectivity index (χ1) is 17.3. The van der Waals surface area contributed by atoms with E-state index in [0.29, 0.717) is 30.2 Å². The van der Waals surface area contributed by atoms with E-state index in [1.165, 1.54) is 0 Å². The van der Waals surface area contributed by atoms with E-state index < -0.39 is 0 Å².